The SMILES string of the molecule is O=C(O)N1CCC(O)(CCCOCc2ccccc2)CC1. The van der Waals surface area contributed by atoms with Crippen molar-refractivity contribution in [1.82, 2.24) is 4.90 Å². The van der Waals surface area contributed by atoms with Gasteiger partial charge in [-0.1, -0.05) is 30.3 Å². The quantitative estimate of drug-likeness (QED) is 0.791. The fourth-order valence-corrected chi connectivity index (χ4v) is 2.63. The van der Waals surface area contributed by atoms with E-state index in [-0.39, 0.29) is 0 Å². The Labute approximate surface area is 125 Å². The summed E-state index contributed by atoms with van der Waals surface area (Å²) >= 11 is 0. The van der Waals surface area contributed by atoms with Crippen LogP contribution in [0.3, 0.4) is 0 Å². The summed E-state index contributed by atoms with van der Waals surface area (Å²) in [5.74, 6) is 0. The number of amides is 1. The standard InChI is InChI=1S/C16H23NO4/c18-15(19)17-10-8-16(20,9-11-17)7-4-12-21-13-14-5-2-1-3-6-14/h1-3,5-6,20H,4,7-13H2,(H,18,19). The molecule has 0 radical (unpaired) electrons. The monoisotopic (exact) mass is 293 g/mol. The van der Waals surface area contributed by atoms with E-state index in [0.717, 1.165) is 12.0 Å². The average Bonchev–Trinajstić information content (AvgIpc) is 2.48. The zero-order chi connectivity index (χ0) is 15.1. The number of likely N-dealkylation sites (tertiary alicyclic amines) is 1. The van der Waals surface area contributed by atoms with E-state index in [9.17, 15) is 9.90 Å². The summed E-state index contributed by atoms with van der Waals surface area (Å²) in [4.78, 5) is 12.2. The molecule has 21 heavy (non-hydrogen) atoms. The number of benzene rings is 1. The highest BCUT2D eigenvalue weighted by atomic mass is 16.5. The molecular formula is C16H23NO4. The second kappa shape index (κ2) is 7.43. The van der Waals surface area contributed by atoms with Gasteiger partial charge in [-0.2, -0.15) is 0 Å². The van der Waals surface area contributed by atoms with E-state index in [2.05, 4.69) is 0 Å². The zero-order valence-electron chi connectivity index (χ0n) is 12.2. The van der Waals surface area contributed by atoms with Gasteiger partial charge in [-0.15, -0.1) is 0 Å². The highest BCUT2D eigenvalue weighted by Gasteiger charge is 2.33. The molecule has 0 aromatic heterocycles. The molecule has 5 heteroatoms. The second-order valence-electron chi connectivity index (χ2n) is 5.64. The van der Waals surface area contributed by atoms with Crippen LogP contribution in [0.5, 0.6) is 0 Å². The lowest BCUT2D eigenvalue weighted by molar-refractivity contribution is -0.0301. The molecule has 2 N–H and O–H groups in total. The minimum absolute atomic E-state index is 0.413. The van der Waals surface area contributed by atoms with Crippen LogP contribution in [0.25, 0.3) is 0 Å². The Morgan fingerprint density at radius 3 is 2.52 bits per heavy atom. The maximum atomic E-state index is 10.8. The number of rotatable bonds is 6. The molecule has 1 heterocycles. The van der Waals surface area contributed by atoms with E-state index >= 15 is 0 Å². The predicted molar refractivity (Wildman–Crippen MR) is 79.1 cm³/mol. The van der Waals surface area contributed by atoms with Crippen LogP contribution >= 0.6 is 0 Å². The van der Waals surface area contributed by atoms with Crippen LogP contribution in [-0.4, -0.2) is 46.5 Å². The highest BCUT2D eigenvalue weighted by molar-refractivity contribution is 5.65. The number of aliphatic hydroxyl groups is 1. The van der Waals surface area contributed by atoms with Crippen molar-refractivity contribution in [3.63, 3.8) is 0 Å². The van der Waals surface area contributed by atoms with Gasteiger partial charge in [0.15, 0.2) is 0 Å². The summed E-state index contributed by atoms with van der Waals surface area (Å²) in [5, 5.41) is 19.3. The van der Waals surface area contributed by atoms with Crippen molar-refractivity contribution in [3.05, 3.63) is 35.9 Å². The number of piperidine rings is 1. The fraction of sp³-hybridized carbons (Fsp3) is 0.562. The first-order valence-electron chi connectivity index (χ1n) is 7.41. The Hall–Kier alpha value is -1.59. The molecule has 2 rings (SSSR count). The largest absolute Gasteiger partial charge is 0.465 e. The molecule has 0 aliphatic carbocycles. The molecule has 0 saturated carbocycles. The van der Waals surface area contributed by atoms with Gasteiger partial charge in [0.25, 0.3) is 0 Å². The van der Waals surface area contributed by atoms with Gasteiger partial charge >= 0.3 is 6.09 Å². The lowest BCUT2D eigenvalue weighted by Gasteiger charge is -2.37. The molecule has 1 aromatic rings. The summed E-state index contributed by atoms with van der Waals surface area (Å²) in [5.41, 5.74) is 0.410. The van der Waals surface area contributed by atoms with Gasteiger partial charge in [0.1, 0.15) is 0 Å². The molecule has 1 saturated heterocycles. The average molecular weight is 293 g/mol. The van der Waals surface area contributed by atoms with Crippen molar-refractivity contribution >= 4 is 6.09 Å². The predicted octanol–water partition coefficient (Wildman–Crippen LogP) is 2.49. The molecule has 0 unspecified atom stereocenters. The number of ether oxygens (including phenoxy) is 1. The van der Waals surface area contributed by atoms with E-state index in [1.807, 2.05) is 30.3 Å². The minimum Gasteiger partial charge on any atom is -0.465 e. The molecule has 1 aliphatic heterocycles. The smallest absolute Gasteiger partial charge is 0.407 e. The van der Waals surface area contributed by atoms with Gasteiger partial charge in [-0.3, -0.25) is 0 Å². The summed E-state index contributed by atoms with van der Waals surface area (Å²) in [6, 6.07) is 9.99. The lowest BCUT2D eigenvalue weighted by Crippen LogP contribution is -2.46. The van der Waals surface area contributed by atoms with Crippen molar-refractivity contribution in [2.75, 3.05) is 19.7 Å². The molecule has 116 valence electrons. The zero-order valence-corrected chi connectivity index (χ0v) is 12.2. The summed E-state index contributed by atoms with van der Waals surface area (Å²) in [7, 11) is 0. The Morgan fingerprint density at radius 2 is 1.90 bits per heavy atom. The third-order valence-electron chi connectivity index (χ3n) is 4.01. The van der Waals surface area contributed by atoms with Gasteiger partial charge in [0.2, 0.25) is 0 Å². The minimum atomic E-state index is -0.900. The van der Waals surface area contributed by atoms with Crippen molar-refractivity contribution in [2.45, 2.75) is 37.9 Å². The van der Waals surface area contributed by atoms with Crippen LogP contribution < -0.4 is 0 Å². The fourth-order valence-electron chi connectivity index (χ4n) is 2.63. The molecule has 5 nitrogen and oxygen atoms in total. The molecular weight excluding hydrogens is 270 g/mol. The number of hydrogen-bond donors (Lipinski definition) is 2. The Morgan fingerprint density at radius 1 is 1.24 bits per heavy atom. The van der Waals surface area contributed by atoms with Crippen LogP contribution in [0.2, 0.25) is 0 Å². The van der Waals surface area contributed by atoms with Gasteiger partial charge in [-0.25, -0.2) is 4.79 Å². The number of nitrogens with zero attached hydrogens (tertiary/aromatic N) is 1. The summed E-state index contributed by atoms with van der Waals surface area (Å²) in [6.45, 7) is 2.03. The van der Waals surface area contributed by atoms with Crippen LogP contribution in [0.15, 0.2) is 30.3 Å². The summed E-state index contributed by atoms with van der Waals surface area (Å²) in [6.07, 6.45) is 1.57. The van der Waals surface area contributed by atoms with Crippen molar-refractivity contribution in [2.24, 2.45) is 0 Å². The second-order valence-corrected chi connectivity index (χ2v) is 5.64. The number of carboxylic acid groups (broad SMARTS) is 1. The van der Waals surface area contributed by atoms with Crippen molar-refractivity contribution < 1.29 is 19.7 Å². The molecule has 1 fully saturated rings. The first kappa shape index (κ1) is 15.8. The van der Waals surface area contributed by atoms with Crippen LogP contribution in [-0.2, 0) is 11.3 Å². The van der Waals surface area contributed by atoms with Crippen LogP contribution in [0, 0.1) is 0 Å². The maximum Gasteiger partial charge on any atom is 0.407 e. The van der Waals surface area contributed by atoms with Crippen LogP contribution in [0.4, 0.5) is 4.79 Å². The topological polar surface area (TPSA) is 70.0 Å². The van der Waals surface area contributed by atoms with E-state index in [0.29, 0.717) is 45.6 Å². The first-order chi connectivity index (χ1) is 10.1. The van der Waals surface area contributed by atoms with Gasteiger partial charge in [-0.05, 0) is 31.2 Å². The normalized spacial score (nSPS) is 17.7. The Kier molecular flexibility index (Phi) is 5.59. The highest BCUT2D eigenvalue weighted by Crippen LogP contribution is 2.27. The van der Waals surface area contributed by atoms with E-state index in [1.165, 1.54) is 4.90 Å². The third-order valence-corrected chi connectivity index (χ3v) is 4.01. The molecule has 1 amide bonds. The van der Waals surface area contributed by atoms with Gasteiger partial charge < -0.3 is 19.8 Å². The van der Waals surface area contributed by atoms with E-state index < -0.39 is 11.7 Å². The van der Waals surface area contributed by atoms with Crippen molar-refractivity contribution in [3.8, 4) is 0 Å². The molecule has 0 atom stereocenters. The molecule has 0 spiro atoms. The van der Waals surface area contributed by atoms with Gasteiger partial charge in [0, 0.05) is 19.7 Å². The molecule has 1 aliphatic rings. The number of carbonyl (C=O) groups is 1. The molecule has 0 bridgehead atoms. The Balaban J connectivity index is 1.61. The number of hydrogen-bond acceptors (Lipinski definition) is 3. The van der Waals surface area contributed by atoms with E-state index in [4.69, 9.17) is 9.84 Å². The summed E-state index contributed by atoms with van der Waals surface area (Å²) < 4.78 is 5.60. The molecule has 1 aromatic carbocycles. The van der Waals surface area contributed by atoms with Gasteiger partial charge in [0.05, 0.1) is 12.2 Å². The lowest BCUT2D eigenvalue weighted by atomic mass is 9.87. The third kappa shape index (κ3) is 5.02. The van der Waals surface area contributed by atoms with E-state index in [1.54, 1.807) is 0 Å². The van der Waals surface area contributed by atoms with Crippen LogP contribution in [0.1, 0.15) is 31.2 Å². The first-order valence-corrected chi connectivity index (χ1v) is 7.41. The van der Waals surface area contributed by atoms with Crippen molar-refractivity contribution in [1.29, 1.82) is 0 Å². The maximum absolute atomic E-state index is 10.8. The Bertz CT molecular complexity index is 441.